The lowest BCUT2D eigenvalue weighted by atomic mass is 10.1. The molecule has 4 aromatic rings. The van der Waals surface area contributed by atoms with E-state index in [0.29, 0.717) is 0 Å². The first-order chi connectivity index (χ1) is 12.3. The Hall–Kier alpha value is -2.83. The van der Waals surface area contributed by atoms with Gasteiger partial charge in [0.2, 0.25) is 0 Å². The van der Waals surface area contributed by atoms with E-state index in [2.05, 4.69) is 24.3 Å². The van der Waals surface area contributed by atoms with Crippen molar-refractivity contribution in [3.8, 4) is 11.5 Å². The quantitative estimate of drug-likeness (QED) is 0.551. The average Bonchev–Trinajstić information content (AvgIpc) is 2.65. The highest BCUT2D eigenvalue weighted by Crippen LogP contribution is 2.40. The SMILES string of the molecule is Oc1ccccc1P(c1ccccc1O)c1cccc2ccccc12. The van der Waals surface area contributed by atoms with Gasteiger partial charge in [0, 0.05) is 10.6 Å². The number of phenolic OH excluding ortho intramolecular Hbond substituents is 2. The van der Waals surface area contributed by atoms with E-state index in [1.807, 2.05) is 54.6 Å². The summed E-state index contributed by atoms with van der Waals surface area (Å²) < 4.78 is 0. The summed E-state index contributed by atoms with van der Waals surface area (Å²) in [5.74, 6) is 0.509. The van der Waals surface area contributed by atoms with Crippen molar-refractivity contribution in [2.24, 2.45) is 0 Å². The van der Waals surface area contributed by atoms with Crippen LogP contribution in [0, 0.1) is 0 Å². The Kier molecular flexibility index (Phi) is 4.13. The molecule has 0 fully saturated rings. The molecular weight excluding hydrogens is 327 g/mol. The summed E-state index contributed by atoms with van der Waals surface area (Å²) in [7, 11) is -1.09. The van der Waals surface area contributed by atoms with Gasteiger partial charge in [-0.2, -0.15) is 0 Å². The molecule has 0 radical (unpaired) electrons. The fourth-order valence-electron chi connectivity index (χ4n) is 3.10. The van der Waals surface area contributed by atoms with Gasteiger partial charge in [0.1, 0.15) is 11.5 Å². The van der Waals surface area contributed by atoms with E-state index in [9.17, 15) is 10.2 Å². The van der Waals surface area contributed by atoms with Crippen molar-refractivity contribution in [1.82, 2.24) is 0 Å². The van der Waals surface area contributed by atoms with Gasteiger partial charge in [-0.05, 0) is 36.1 Å². The number of hydrogen-bond acceptors (Lipinski definition) is 2. The van der Waals surface area contributed by atoms with Crippen molar-refractivity contribution in [2.45, 2.75) is 0 Å². The molecule has 0 saturated carbocycles. The predicted octanol–water partition coefficient (Wildman–Crippen LogP) is 4.01. The van der Waals surface area contributed by atoms with Crippen LogP contribution < -0.4 is 15.9 Å². The van der Waals surface area contributed by atoms with E-state index in [1.54, 1.807) is 12.1 Å². The minimum Gasteiger partial charge on any atom is -0.507 e. The molecule has 0 aliphatic heterocycles. The van der Waals surface area contributed by atoms with Crippen molar-refractivity contribution in [3.63, 3.8) is 0 Å². The number of phenols is 2. The lowest BCUT2D eigenvalue weighted by molar-refractivity contribution is 0.479. The van der Waals surface area contributed by atoms with E-state index in [4.69, 9.17) is 0 Å². The zero-order chi connectivity index (χ0) is 17.2. The van der Waals surface area contributed by atoms with Crippen LogP contribution in [0.5, 0.6) is 11.5 Å². The van der Waals surface area contributed by atoms with Gasteiger partial charge in [-0.3, -0.25) is 0 Å². The second-order valence-electron chi connectivity index (χ2n) is 5.81. The van der Waals surface area contributed by atoms with Crippen molar-refractivity contribution in [2.75, 3.05) is 0 Å². The second kappa shape index (κ2) is 6.58. The topological polar surface area (TPSA) is 40.5 Å². The Morgan fingerprint density at radius 2 is 0.960 bits per heavy atom. The Morgan fingerprint density at radius 1 is 0.480 bits per heavy atom. The van der Waals surface area contributed by atoms with Crippen LogP contribution in [0.15, 0.2) is 91.0 Å². The fraction of sp³-hybridized carbons (Fsp3) is 0. The van der Waals surface area contributed by atoms with Crippen molar-refractivity contribution < 1.29 is 10.2 Å². The zero-order valence-electron chi connectivity index (χ0n) is 13.5. The zero-order valence-corrected chi connectivity index (χ0v) is 14.4. The monoisotopic (exact) mass is 344 g/mol. The second-order valence-corrected chi connectivity index (χ2v) is 7.93. The minimum atomic E-state index is -1.09. The highest BCUT2D eigenvalue weighted by Gasteiger charge is 2.23. The van der Waals surface area contributed by atoms with Crippen LogP contribution >= 0.6 is 7.92 Å². The molecular formula is C22H17O2P. The molecule has 0 unspecified atom stereocenters. The number of rotatable bonds is 3. The van der Waals surface area contributed by atoms with Crippen LogP contribution in [0.4, 0.5) is 0 Å². The van der Waals surface area contributed by atoms with E-state index < -0.39 is 7.92 Å². The Bertz CT molecular complexity index is 992. The first kappa shape index (κ1) is 15.7. The maximum atomic E-state index is 10.5. The van der Waals surface area contributed by atoms with E-state index in [0.717, 1.165) is 26.7 Å². The Labute approximate surface area is 147 Å². The van der Waals surface area contributed by atoms with Crippen LogP contribution in [-0.2, 0) is 0 Å². The largest absolute Gasteiger partial charge is 0.507 e. The molecule has 4 aromatic carbocycles. The van der Waals surface area contributed by atoms with E-state index in [1.165, 1.54) is 0 Å². The molecule has 25 heavy (non-hydrogen) atoms. The molecule has 0 spiro atoms. The van der Waals surface area contributed by atoms with Crippen LogP contribution in [0.25, 0.3) is 10.8 Å². The van der Waals surface area contributed by atoms with Gasteiger partial charge in [0.15, 0.2) is 0 Å². The van der Waals surface area contributed by atoms with Crippen molar-refractivity contribution in [1.29, 1.82) is 0 Å². The molecule has 0 amide bonds. The molecule has 4 rings (SSSR count). The van der Waals surface area contributed by atoms with Crippen molar-refractivity contribution >= 4 is 34.6 Å². The van der Waals surface area contributed by atoms with Gasteiger partial charge in [0.05, 0.1) is 0 Å². The Morgan fingerprint density at radius 3 is 1.60 bits per heavy atom. The molecule has 0 heterocycles. The summed E-state index contributed by atoms with van der Waals surface area (Å²) in [4.78, 5) is 0. The van der Waals surface area contributed by atoms with Gasteiger partial charge in [-0.25, -0.2) is 0 Å². The van der Waals surface area contributed by atoms with Crippen LogP contribution in [0.1, 0.15) is 0 Å². The van der Waals surface area contributed by atoms with Crippen molar-refractivity contribution in [3.05, 3.63) is 91.0 Å². The summed E-state index contributed by atoms with van der Waals surface area (Å²) in [6.45, 7) is 0. The highest BCUT2D eigenvalue weighted by molar-refractivity contribution is 7.80. The molecule has 0 saturated heterocycles. The lowest BCUT2D eigenvalue weighted by Crippen LogP contribution is -2.21. The van der Waals surface area contributed by atoms with Gasteiger partial charge < -0.3 is 10.2 Å². The van der Waals surface area contributed by atoms with Crippen LogP contribution in [0.3, 0.4) is 0 Å². The average molecular weight is 344 g/mol. The summed E-state index contributed by atoms with van der Waals surface area (Å²) in [5.41, 5.74) is 0. The molecule has 122 valence electrons. The standard InChI is InChI=1S/C22H17O2P/c23-18-11-3-5-13-21(18)25(22-14-6-4-12-19(22)24)20-15-7-9-16-8-1-2-10-17(16)20/h1-15,23-24H. The summed E-state index contributed by atoms with van der Waals surface area (Å²) in [5, 5.41) is 26.1. The summed E-state index contributed by atoms with van der Waals surface area (Å²) >= 11 is 0. The molecule has 2 nitrogen and oxygen atoms in total. The van der Waals surface area contributed by atoms with Gasteiger partial charge in [0.25, 0.3) is 0 Å². The third-order valence-electron chi connectivity index (χ3n) is 4.25. The van der Waals surface area contributed by atoms with E-state index in [-0.39, 0.29) is 11.5 Å². The van der Waals surface area contributed by atoms with Crippen LogP contribution in [0.2, 0.25) is 0 Å². The van der Waals surface area contributed by atoms with Crippen LogP contribution in [-0.4, -0.2) is 10.2 Å². The summed E-state index contributed by atoms with van der Waals surface area (Å²) in [6.07, 6.45) is 0. The number of fused-ring (bicyclic) bond motifs is 1. The molecule has 0 aliphatic carbocycles. The Balaban J connectivity index is 2.05. The lowest BCUT2D eigenvalue weighted by Gasteiger charge is -2.22. The molecule has 0 aromatic heterocycles. The summed E-state index contributed by atoms with van der Waals surface area (Å²) in [6, 6.07) is 29.2. The third-order valence-corrected chi connectivity index (χ3v) is 6.84. The molecule has 0 bridgehead atoms. The maximum Gasteiger partial charge on any atom is 0.123 e. The highest BCUT2D eigenvalue weighted by atomic mass is 31.1. The molecule has 0 aliphatic rings. The van der Waals surface area contributed by atoms with E-state index >= 15 is 0 Å². The number of para-hydroxylation sites is 2. The fourth-order valence-corrected chi connectivity index (χ4v) is 5.63. The first-order valence-corrected chi connectivity index (χ1v) is 9.44. The smallest absolute Gasteiger partial charge is 0.123 e. The third kappa shape index (κ3) is 2.86. The van der Waals surface area contributed by atoms with Gasteiger partial charge in [-0.15, -0.1) is 0 Å². The van der Waals surface area contributed by atoms with Gasteiger partial charge in [-0.1, -0.05) is 78.9 Å². The molecule has 3 heteroatoms. The normalized spacial score (nSPS) is 11.1. The number of benzene rings is 4. The minimum absolute atomic E-state index is 0.254. The maximum absolute atomic E-state index is 10.5. The molecule has 2 N–H and O–H groups in total. The predicted molar refractivity (Wildman–Crippen MR) is 106 cm³/mol. The van der Waals surface area contributed by atoms with Gasteiger partial charge >= 0.3 is 0 Å². The molecule has 0 atom stereocenters. The first-order valence-electron chi connectivity index (χ1n) is 8.09. The number of hydrogen-bond donors (Lipinski definition) is 2. The number of aromatic hydroxyl groups is 2.